The number of pyridine rings is 1. The summed E-state index contributed by atoms with van der Waals surface area (Å²) in [6, 6.07) is 5.85. The number of benzene rings is 1. The van der Waals surface area contributed by atoms with Gasteiger partial charge in [0.25, 0.3) is 0 Å². The van der Waals surface area contributed by atoms with E-state index in [0.29, 0.717) is 11.4 Å². The fraction of sp³-hybridized carbons (Fsp3) is 0.286. The van der Waals surface area contributed by atoms with Crippen molar-refractivity contribution in [3.63, 3.8) is 0 Å². The van der Waals surface area contributed by atoms with Crippen molar-refractivity contribution in [2.45, 2.75) is 26.7 Å². The average Bonchev–Trinajstić information content (AvgIpc) is 2.30. The van der Waals surface area contributed by atoms with Gasteiger partial charge < -0.3 is 10.8 Å². The number of carbonyl (C=O) groups is 1. The normalized spacial score (nSPS) is 10.8. The maximum absolute atomic E-state index is 11.2. The number of rotatable bonds is 3. The van der Waals surface area contributed by atoms with E-state index in [-0.39, 0.29) is 5.56 Å². The van der Waals surface area contributed by atoms with Crippen molar-refractivity contribution in [3.8, 4) is 0 Å². The molecule has 0 aliphatic rings. The topological polar surface area (TPSA) is 76.2 Å². The SMILES string of the molecule is CCCc1ccc2nc(C)c(C(=O)O)c(N)c2c1. The molecule has 0 unspecified atom stereocenters. The molecule has 2 rings (SSSR count). The number of carboxylic acid groups (broad SMARTS) is 1. The van der Waals surface area contributed by atoms with Gasteiger partial charge in [-0.3, -0.25) is 4.98 Å². The average molecular weight is 244 g/mol. The molecule has 3 N–H and O–H groups in total. The third-order valence-corrected chi connectivity index (χ3v) is 3.02. The summed E-state index contributed by atoms with van der Waals surface area (Å²) < 4.78 is 0. The number of aromatic nitrogens is 1. The number of fused-ring (bicyclic) bond motifs is 1. The van der Waals surface area contributed by atoms with E-state index in [1.54, 1.807) is 6.92 Å². The van der Waals surface area contributed by atoms with Crippen LogP contribution in [0.15, 0.2) is 18.2 Å². The maximum atomic E-state index is 11.2. The van der Waals surface area contributed by atoms with E-state index >= 15 is 0 Å². The van der Waals surface area contributed by atoms with Crippen LogP contribution in [0.3, 0.4) is 0 Å². The highest BCUT2D eigenvalue weighted by atomic mass is 16.4. The van der Waals surface area contributed by atoms with E-state index in [4.69, 9.17) is 10.8 Å². The molecule has 0 aliphatic carbocycles. The molecule has 2 aromatic rings. The van der Waals surface area contributed by atoms with Gasteiger partial charge >= 0.3 is 5.97 Å². The number of aryl methyl sites for hydroxylation is 2. The van der Waals surface area contributed by atoms with Crippen LogP contribution >= 0.6 is 0 Å². The zero-order valence-electron chi connectivity index (χ0n) is 10.5. The molecule has 4 heteroatoms. The van der Waals surface area contributed by atoms with Crippen LogP contribution < -0.4 is 5.73 Å². The van der Waals surface area contributed by atoms with E-state index in [2.05, 4.69) is 11.9 Å². The van der Waals surface area contributed by atoms with Crippen molar-refractivity contribution in [1.82, 2.24) is 4.98 Å². The van der Waals surface area contributed by atoms with Gasteiger partial charge in [0.2, 0.25) is 0 Å². The first-order valence-corrected chi connectivity index (χ1v) is 5.96. The summed E-state index contributed by atoms with van der Waals surface area (Å²) in [5.74, 6) is -1.03. The van der Waals surface area contributed by atoms with Gasteiger partial charge in [0.05, 0.1) is 16.9 Å². The van der Waals surface area contributed by atoms with Gasteiger partial charge in [0, 0.05) is 5.39 Å². The smallest absolute Gasteiger partial charge is 0.339 e. The van der Waals surface area contributed by atoms with Crippen LogP contribution in [-0.4, -0.2) is 16.1 Å². The van der Waals surface area contributed by atoms with Gasteiger partial charge in [-0.1, -0.05) is 19.4 Å². The molecule has 0 amide bonds. The van der Waals surface area contributed by atoms with Crippen molar-refractivity contribution >= 4 is 22.6 Å². The summed E-state index contributed by atoms with van der Waals surface area (Å²) in [7, 11) is 0. The molecule has 4 nitrogen and oxygen atoms in total. The summed E-state index contributed by atoms with van der Waals surface area (Å²) in [6.45, 7) is 3.77. The lowest BCUT2D eigenvalue weighted by molar-refractivity contribution is 0.0697. The second-order valence-electron chi connectivity index (χ2n) is 4.39. The maximum Gasteiger partial charge on any atom is 0.339 e. The lowest BCUT2D eigenvalue weighted by Gasteiger charge is -2.10. The first-order chi connectivity index (χ1) is 8.54. The summed E-state index contributed by atoms with van der Waals surface area (Å²) in [5.41, 5.74) is 8.73. The number of aromatic carboxylic acids is 1. The lowest BCUT2D eigenvalue weighted by atomic mass is 10.0. The molecule has 0 atom stereocenters. The predicted octanol–water partition coefficient (Wildman–Crippen LogP) is 2.78. The largest absolute Gasteiger partial charge is 0.478 e. The minimum atomic E-state index is -1.03. The van der Waals surface area contributed by atoms with Crippen LogP contribution in [0.4, 0.5) is 5.69 Å². The number of nitrogens with zero attached hydrogens (tertiary/aromatic N) is 1. The molecule has 18 heavy (non-hydrogen) atoms. The zero-order valence-corrected chi connectivity index (χ0v) is 10.5. The van der Waals surface area contributed by atoms with E-state index < -0.39 is 5.97 Å². The standard InChI is InChI=1S/C14H16N2O2/c1-3-4-9-5-6-11-10(7-9)13(15)12(14(17)18)8(2)16-11/h5-7H,3-4H2,1-2H3,(H2,15,16)(H,17,18). The van der Waals surface area contributed by atoms with Crippen LogP contribution in [0, 0.1) is 6.92 Å². The summed E-state index contributed by atoms with van der Waals surface area (Å²) in [4.78, 5) is 15.5. The minimum Gasteiger partial charge on any atom is -0.478 e. The molecular weight excluding hydrogens is 228 g/mol. The van der Waals surface area contributed by atoms with Gasteiger partial charge in [-0.15, -0.1) is 0 Å². The molecule has 0 radical (unpaired) electrons. The van der Waals surface area contributed by atoms with E-state index in [1.807, 2.05) is 18.2 Å². The van der Waals surface area contributed by atoms with Crippen molar-refractivity contribution in [3.05, 3.63) is 35.0 Å². The minimum absolute atomic E-state index is 0.108. The Kier molecular flexibility index (Phi) is 3.19. The Labute approximate surface area is 105 Å². The Morgan fingerprint density at radius 3 is 2.78 bits per heavy atom. The fourth-order valence-corrected chi connectivity index (χ4v) is 2.18. The van der Waals surface area contributed by atoms with E-state index in [9.17, 15) is 4.79 Å². The highest BCUT2D eigenvalue weighted by molar-refractivity contribution is 6.04. The van der Waals surface area contributed by atoms with Crippen LogP contribution in [0.1, 0.15) is 35.0 Å². The van der Waals surface area contributed by atoms with E-state index in [1.165, 1.54) is 0 Å². The Balaban J connectivity index is 2.73. The number of hydrogen-bond donors (Lipinski definition) is 2. The lowest BCUT2D eigenvalue weighted by Crippen LogP contribution is -2.07. The molecular formula is C14H16N2O2. The Morgan fingerprint density at radius 1 is 1.44 bits per heavy atom. The van der Waals surface area contributed by atoms with Crippen molar-refractivity contribution < 1.29 is 9.90 Å². The molecule has 0 saturated carbocycles. The molecule has 94 valence electrons. The highest BCUT2D eigenvalue weighted by Crippen LogP contribution is 2.27. The van der Waals surface area contributed by atoms with Gasteiger partial charge in [0.1, 0.15) is 5.56 Å². The molecule has 0 saturated heterocycles. The third-order valence-electron chi connectivity index (χ3n) is 3.02. The number of nitrogens with two attached hydrogens (primary N) is 1. The summed E-state index contributed by atoms with van der Waals surface area (Å²) in [5, 5.41) is 9.88. The second-order valence-corrected chi connectivity index (χ2v) is 4.39. The first kappa shape index (κ1) is 12.4. The van der Waals surface area contributed by atoms with Crippen LogP contribution in [0.5, 0.6) is 0 Å². The van der Waals surface area contributed by atoms with Gasteiger partial charge in [-0.05, 0) is 31.0 Å². The predicted molar refractivity (Wildman–Crippen MR) is 71.8 cm³/mol. The molecule has 0 fully saturated rings. The molecule has 0 aliphatic heterocycles. The molecule has 0 spiro atoms. The van der Waals surface area contributed by atoms with Crippen molar-refractivity contribution in [2.24, 2.45) is 0 Å². The van der Waals surface area contributed by atoms with Gasteiger partial charge in [-0.2, -0.15) is 0 Å². The van der Waals surface area contributed by atoms with Crippen molar-refractivity contribution in [2.75, 3.05) is 5.73 Å². The number of nitrogen functional groups attached to an aromatic ring is 1. The van der Waals surface area contributed by atoms with Crippen LogP contribution in [0.2, 0.25) is 0 Å². The molecule has 1 aromatic carbocycles. The molecule has 0 bridgehead atoms. The van der Waals surface area contributed by atoms with Crippen LogP contribution in [-0.2, 0) is 6.42 Å². The highest BCUT2D eigenvalue weighted by Gasteiger charge is 2.16. The number of carboxylic acids is 1. The quantitative estimate of drug-likeness (QED) is 0.870. The summed E-state index contributed by atoms with van der Waals surface area (Å²) in [6.07, 6.45) is 1.99. The first-order valence-electron chi connectivity index (χ1n) is 5.96. The third kappa shape index (κ3) is 2.01. The second kappa shape index (κ2) is 4.64. The van der Waals surface area contributed by atoms with Gasteiger partial charge in [0.15, 0.2) is 0 Å². The van der Waals surface area contributed by atoms with E-state index in [0.717, 1.165) is 29.3 Å². The number of anilines is 1. The van der Waals surface area contributed by atoms with Gasteiger partial charge in [-0.25, -0.2) is 4.79 Å². The Bertz CT molecular complexity index is 621. The summed E-state index contributed by atoms with van der Waals surface area (Å²) >= 11 is 0. The molecule has 1 aromatic heterocycles. The Hall–Kier alpha value is -2.10. The Morgan fingerprint density at radius 2 is 2.17 bits per heavy atom. The van der Waals surface area contributed by atoms with Crippen molar-refractivity contribution in [1.29, 1.82) is 0 Å². The molecule has 1 heterocycles. The fourth-order valence-electron chi connectivity index (χ4n) is 2.18. The monoisotopic (exact) mass is 244 g/mol. The zero-order chi connectivity index (χ0) is 13.3. The van der Waals surface area contributed by atoms with Crippen LogP contribution in [0.25, 0.3) is 10.9 Å². The number of hydrogen-bond acceptors (Lipinski definition) is 3.